The van der Waals surface area contributed by atoms with Crippen LogP contribution in [0.4, 0.5) is 5.69 Å². The number of amides is 1. The van der Waals surface area contributed by atoms with Gasteiger partial charge < -0.3 is 21.2 Å². The normalized spacial score (nSPS) is 11.7. The number of fused-ring (bicyclic) bond motifs is 1. The van der Waals surface area contributed by atoms with Gasteiger partial charge in [0, 0.05) is 18.6 Å². The number of rotatable bonds is 2. The topological polar surface area (TPSA) is 98.4 Å². The van der Waals surface area contributed by atoms with Crippen LogP contribution in [0.25, 0.3) is 5.65 Å². The lowest BCUT2D eigenvalue weighted by Gasteiger charge is -2.05. The number of imidazole rings is 1. The largest absolute Gasteiger partial charge is 0.403 e. The van der Waals surface area contributed by atoms with Crippen LogP contribution in [0.5, 0.6) is 0 Å². The zero-order valence-corrected chi connectivity index (χ0v) is 9.34. The minimum absolute atomic E-state index is 0.0214. The van der Waals surface area contributed by atoms with Crippen molar-refractivity contribution in [1.82, 2.24) is 9.38 Å². The molecule has 17 heavy (non-hydrogen) atoms. The van der Waals surface area contributed by atoms with Crippen LogP contribution in [-0.2, 0) is 4.79 Å². The van der Waals surface area contributed by atoms with Gasteiger partial charge in [0.1, 0.15) is 11.3 Å². The van der Waals surface area contributed by atoms with Gasteiger partial charge in [0.2, 0.25) is 0 Å². The zero-order valence-electron chi connectivity index (χ0n) is 9.34. The van der Waals surface area contributed by atoms with Crippen LogP contribution in [0.15, 0.2) is 36.4 Å². The van der Waals surface area contributed by atoms with Crippen molar-refractivity contribution < 1.29 is 4.79 Å². The number of anilines is 1. The van der Waals surface area contributed by atoms with Gasteiger partial charge in [-0.2, -0.15) is 0 Å². The van der Waals surface area contributed by atoms with Gasteiger partial charge in [-0.15, -0.1) is 0 Å². The summed E-state index contributed by atoms with van der Waals surface area (Å²) in [4.78, 5) is 15.8. The van der Waals surface area contributed by atoms with E-state index in [1.54, 1.807) is 12.3 Å². The number of carbonyl (C=O) groups excluding carboxylic acids is 1. The molecule has 6 heteroatoms. The van der Waals surface area contributed by atoms with Crippen LogP contribution < -0.4 is 16.8 Å². The summed E-state index contributed by atoms with van der Waals surface area (Å²) < 4.78 is 1.83. The van der Waals surface area contributed by atoms with E-state index in [1.165, 1.54) is 0 Å². The minimum Gasteiger partial charge on any atom is -0.403 e. The van der Waals surface area contributed by atoms with E-state index >= 15 is 0 Å². The van der Waals surface area contributed by atoms with Crippen LogP contribution >= 0.6 is 0 Å². The quantitative estimate of drug-likeness (QED) is 0.649. The highest BCUT2D eigenvalue weighted by Gasteiger charge is 2.06. The van der Waals surface area contributed by atoms with E-state index in [1.807, 2.05) is 23.6 Å². The summed E-state index contributed by atoms with van der Waals surface area (Å²) in [6.07, 6.45) is 4.69. The fraction of sp³-hybridized carbons (Fsp3) is 0.0909. The Bertz CT molecular complexity index is 599. The molecule has 0 saturated carbocycles. The number of hydrogen-bond acceptors (Lipinski definition) is 4. The van der Waals surface area contributed by atoms with Crippen molar-refractivity contribution in [2.24, 2.45) is 11.5 Å². The molecule has 6 nitrogen and oxygen atoms in total. The van der Waals surface area contributed by atoms with Crippen LogP contribution in [0.1, 0.15) is 5.69 Å². The van der Waals surface area contributed by atoms with Gasteiger partial charge in [-0.25, -0.2) is 4.98 Å². The Labute approximate surface area is 97.9 Å². The molecule has 2 aromatic heterocycles. The Morgan fingerprint density at radius 2 is 2.24 bits per heavy atom. The van der Waals surface area contributed by atoms with E-state index in [4.69, 9.17) is 11.5 Å². The molecule has 0 saturated heterocycles. The minimum atomic E-state index is -0.427. The zero-order chi connectivity index (χ0) is 12.4. The van der Waals surface area contributed by atoms with E-state index in [9.17, 15) is 4.79 Å². The second-order valence-corrected chi connectivity index (χ2v) is 3.64. The summed E-state index contributed by atoms with van der Waals surface area (Å²) in [5.74, 6) is -0.427. The maximum Gasteiger partial charge on any atom is 0.273 e. The number of aryl methyl sites for hydroxylation is 1. The van der Waals surface area contributed by atoms with Crippen LogP contribution in [0.3, 0.4) is 0 Å². The SMILES string of the molecule is Cc1cn2cc(NC(=O)/C(N)=C/N)ccc2n1. The molecular formula is C11H13N5O. The molecule has 2 aromatic rings. The summed E-state index contributed by atoms with van der Waals surface area (Å²) >= 11 is 0. The molecule has 0 spiro atoms. The molecule has 0 bridgehead atoms. The van der Waals surface area contributed by atoms with E-state index < -0.39 is 5.91 Å². The third-order valence-corrected chi connectivity index (χ3v) is 2.27. The third kappa shape index (κ3) is 2.20. The smallest absolute Gasteiger partial charge is 0.273 e. The second-order valence-electron chi connectivity index (χ2n) is 3.64. The Morgan fingerprint density at radius 1 is 1.47 bits per heavy atom. The maximum absolute atomic E-state index is 11.5. The molecular weight excluding hydrogens is 218 g/mol. The standard InChI is InChI=1S/C11H13N5O/c1-7-5-16-6-8(2-3-10(16)14-7)15-11(17)9(13)4-12/h2-6H,12-13H2,1H3,(H,15,17)/b9-4-. The van der Waals surface area contributed by atoms with Gasteiger partial charge in [0.15, 0.2) is 0 Å². The predicted molar refractivity (Wildman–Crippen MR) is 65.0 cm³/mol. The molecule has 88 valence electrons. The number of nitrogens with one attached hydrogen (secondary N) is 1. The third-order valence-electron chi connectivity index (χ3n) is 2.27. The molecule has 2 heterocycles. The number of carbonyl (C=O) groups is 1. The van der Waals surface area contributed by atoms with Gasteiger partial charge in [-0.3, -0.25) is 4.79 Å². The average molecular weight is 231 g/mol. The first-order chi connectivity index (χ1) is 8.10. The molecule has 0 fully saturated rings. The average Bonchev–Trinajstić information content (AvgIpc) is 2.67. The summed E-state index contributed by atoms with van der Waals surface area (Å²) in [5.41, 5.74) is 12.9. The highest BCUT2D eigenvalue weighted by Crippen LogP contribution is 2.11. The maximum atomic E-state index is 11.5. The number of nitrogens with zero attached hydrogens (tertiary/aromatic N) is 2. The van der Waals surface area contributed by atoms with Crippen molar-refractivity contribution in [3.8, 4) is 0 Å². The fourth-order valence-electron chi connectivity index (χ4n) is 1.47. The van der Waals surface area contributed by atoms with Crippen LogP contribution in [-0.4, -0.2) is 15.3 Å². The Hall–Kier alpha value is -2.50. The van der Waals surface area contributed by atoms with Gasteiger partial charge >= 0.3 is 0 Å². The van der Waals surface area contributed by atoms with E-state index in [-0.39, 0.29) is 5.70 Å². The summed E-state index contributed by atoms with van der Waals surface area (Å²) in [6, 6.07) is 3.56. The van der Waals surface area contributed by atoms with E-state index in [2.05, 4.69) is 10.3 Å². The van der Waals surface area contributed by atoms with Gasteiger partial charge in [-0.05, 0) is 19.1 Å². The molecule has 0 aromatic carbocycles. The fourth-order valence-corrected chi connectivity index (χ4v) is 1.47. The van der Waals surface area contributed by atoms with E-state index in [0.29, 0.717) is 5.69 Å². The first kappa shape index (κ1) is 11.0. The molecule has 0 aliphatic rings. The molecule has 0 atom stereocenters. The lowest BCUT2D eigenvalue weighted by molar-refractivity contribution is -0.112. The van der Waals surface area contributed by atoms with Crippen molar-refractivity contribution in [1.29, 1.82) is 0 Å². The lowest BCUT2D eigenvalue weighted by atomic mass is 10.3. The molecule has 1 amide bonds. The summed E-state index contributed by atoms with van der Waals surface area (Å²) in [5, 5.41) is 2.63. The predicted octanol–water partition coefficient (Wildman–Crippen LogP) is 0.340. The van der Waals surface area contributed by atoms with Crippen molar-refractivity contribution in [3.63, 3.8) is 0 Å². The van der Waals surface area contributed by atoms with Crippen LogP contribution in [0, 0.1) is 6.92 Å². The summed E-state index contributed by atoms with van der Waals surface area (Å²) in [7, 11) is 0. The molecule has 5 N–H and O–H groups in total. The van der Waals surface area contributed by atoms with Gasteiger partial charge in [0.25, 0.3) is 5.91 Å². The number of nitrogens with two attached hydrogens (primary N) is 2. The molecule has 0 aliphatic heterocycles. The number of aromatic nitrogens is 2. The van der Waals surface area contributed by atoms with Crippen molar-refractivity contribution >= 4 is 17.2 Å². The molecule has 0 radical (unpaired) electrons. The number of pyridine rings is 1. The second kappa shape index (κ2) is 4.17. The summed E-state index contributed by atoms with van der Waals surface area (Å²) in [6.45, 7) is 1.90. The van der Waals surface area contributed by atoms with Crippen molar-refractivity contribution in [2.75, 3.05) is 5.32 Å². The number of hydrogen-bond donors (Lipinski definition) is 3. The highest BCUT2D eigenvalue weighted by molar-refractivity contribution is 6.02. The van der Waals surface area contributed by atoms with Crippen molar-refractivity contribution in [2.45, 2.75) is 6.92 Å². The van der Waals surface area contributed by atoms with Gasteiger partial charge in [-0.1, -0.05) is 0 Å². The van der Waals surface area contributed by atoms with Crippen molar-refractivity contribution in [3.05, 3.63) is 42.1 Å². The lowest BCUT2D eigenvalue weighted by Crippen LogP contribution is -2.21. The monoisotopic (exact) mass is 231 g/mol. The Kier molecular flexibility index (Phi) is 2.70. The van der Waals surface area contributed by atoms with Gasteiger partial charge in [0.05, 0.1) is 11.4 Å². The van der Waals surface area contributed by atoms with Crippen LogP contribution in [0.2, 0.25) is 0 Å². The first-order valence-corrected chi connectivity index (χ1v) is 5.04. The molecule has 2 rings (SSSR count). The van der Waals surface area contributed by atoms with E-state index in [0.717, 1.165) is 17.5 Å². The first-order valence-electron chi connectivity index (χ1n) is 5.04. The highest BCUT2D eigenvalue weighted by atomic mass is 16.2. The molecule has 0 aliphatic carbocycles. The Morgan fingerprint density at radius 3 is 2.94 bits per heavy atom. The Balaban J connectivity index is 2.28. The molecule has 0 unspecified atom stereocenters.